The first-order valence-corrected chi connectivity index (χ1v) is 6.20. The van der Waals surface area contributed by atoms with Crippen molar-refractivity contribution in [2.75, 3.05) is 0 Å². The SMILES string of the molecule is CC(C)(C)OC=O.OC1(c2cc(F)ccc2F)C=CC=N1. The lowest BCUT2D eigenvalue weighted by Gasteiger charge is -2.17. The Morgan fingerprint density at radius 1 is 1.33 bits per heavy atom. The summed E-state index contributed by atoms with van der Waals surface area (Å²) in [6, 6.07) is 2.89. The van der Waals surface area contributed by atoms with Gasteiger partial charge in [0.1, 0.15) is 17.2 Å². The Morgan fingerprint density at radius 3 is 2.43 bits per heavy atom. The molecule has 0 fully saturated rings. The molecule has 0 bridgehead atoms. The number of ether oxygens (including phenoxy) is 1. The number of nitrogens with zero attached hydrogens (tertiary/aromatic N) is 1. The Bertz CT molecular complexity index is 551. The highest BCUT2D eigenvalue weighted by Gasteiger charge is 2.30. The smallest absolute Gasteiger partial charge is 0.293 e. The van der Waals surface area contributed by atoms with Crippen molar-refractivity contribution in [3.63, 3.8) is 0 Å². The van der Waals surface area contributed by atoms with Crippen LogP contribution in [0.5, 0.6) is 0 Å². The molecule has 1 unspecified atom stereocenters. The van der Waals surface area contributed by atoms with E-state index in [1.165, 1.54) is 18.4 Å². The Labute approximate surface area is 121 Å². The normalized spacial score (nSPS) is 19.9. The molecule has 0 amide bonds. The Balaban J connectivity index is 0.000000270. The maximum atomic E-state index is 13.2. The summed E-state index contributed by atoms with van der Waals surface area (Å²) >= 11 is 0. The van der Waals surface area contributed by atoms with Crippen molar-refractivity contribution in [2.45, 2.75) is 32.1 Å². The molecular weight excluding hydrogens is 280 g/mol. The predicted molar refractivity (Wildman–Crippen MR) is 74.8 cm³/mol. The fourth-order valence-electron chi connectivity index (χ4n) is 1.46. The van der Waals surface area contributed by atoms with Gasteiger partial charge in [-0.25, -0.2) is 8.78 Å². The number of rotatable bonds is 2. The van der Waals surface area contributed by atoms with Gasteiger partial charge in [0.2, 0.25) is 5.72 Å². The molecular formula is C15H17F2NO3. The van der Waals surface area contributed by atoms with E-state index in [0.29, 0.717) is 6.47 Å². The number of carbonyl (C=O) groups is 1. The van der Waals surface area contributed by atoms with E-state index < -0.39 is 17.4 Å². The maximum absolute atomic E-state index is 13.2. The van der Waals surface area contributed by atoms with E-state index >= 15 is 0 Å². The van der Waals surface area contributed by atoms with E-state index in [2.05, 4.69) is 9.73 Å². The zero-order valence-corrected chi connectivity index (χ0v) is 12.0. The molecule has 0 saturated heterocycles. The van der Waals surface area contributed by atoms with Gasteiger partial charge in [0.05, 0.1) is 0 Å². The first kappa shape index (κ1) is 17.0. The van der Waals surface area contributed by atoms with Crippen molar-refractivity contribution in [1.82, 2.24) is 0 Å². The van der Waals surface area contributed by atoms with E-state index in [1.54, 1.807) is 0 Å². The highest BCUT2D eigenvalue weighted by atomic mass is 19.1. The molecule has 4 nitrogen and oxygen atoms in total. The van der Waals surface area contributed by atoms with Crippen LogP contribution in [-0.2, 0) is 15.3 Å². The van der Waals surface area contributed by atoms with E-state index in [9.17, 15) is 18.7 Å². The number of benzene rings is 1. The van der Waals surface area contributed by atoms with Gasteiger partial charge in [-0.15, -0.1) is 0 Å². The van der Waals surface area contributed by atoms with Crippen LogP contribution in [0.2, 0.25) is 0 Å². The van der Waals surface area contributed by atoms with Crippen molar-refractivity contribution < 1.29 is 23.4 Å². The van der Waals surface area contributed by atoms with Crippen LogP contribution in [0.3, 0.4) is 0 Å². The first-order valence-electron chi connectivity index (χ1n) is 6.20. The quantitative estimate of drug-likeness (QED) is 0.854. The highest BCUT2D eigenvalue weighted by molar-refractivity contribution is 5.75. The van der Waals surface area contributed by atoms with Crippen LogP contribution in [0.4, 0.5) is 8.78 Å². The maximum Gasteiger partial charge on any atom is 0.293 e. The predicted octanol–water partition coefficient (Wildman–Crippen LogP) is 2.71. The fourth-order valence-corrected chi connectivity index (χ4v) is 1.46. The van der Waals surface area contributed by atoms with Crippen LogP contribution in [0.15, 0.2) is 35.3 Å². The molecule has 114 valence electrons. The molecule has 21 heavy (non-hydrogen) atoms. The molecule has 2 rings (SSSR count). The molecule has 1 atom stereocenters. The lowest BCUT2D eigenvalue weighted by molar-refractivity contribution is -0.138. The summed E-state index contributed by atoms with van der Waals surface area (Å²) in [5.74, 6) is -1.29. The summed E-state index contributed by atoms with van der Waals surface area (Å²) in [6.07, 6.45) is 4.11. The summed E-state index contributed by atoms with van der Waals surface area (Å²) in [6.45, 7) is 5.92. The van der Waals surface area contributed by atoms with Crippen LogP contribution in [0.25, 0.3) is 0 Å². The molecule has 1 heterocycles. The highest BCUT2D eigenvalue weighted by Crippen LogP contribution is 2.29. The van der Waals surface area contributed by atoms with Gasteiger partial charge in [0.15, 0.2) is 0 Å². The Morgan fingerprint density at radius 2 is 2.00 bits per heavy atom. The lowest BCUT2D eigenvalue weighted by Crippen LogP contribution is -2.19. The van der Waals surface area contributed by atoms with Crippen LogP contribution < -0.4 is 0 Å². The van der Waals surface area contributed by atoms with Gasteiger partial charge in [-0.05, 0) is 51.1 Å². The molecule has 0 aliphatic carbocycles. The van der Waals surface area contributed by atoms with Gasteiger partial charge in [-0.3, -0.25) is 9.79 Å². The van der Waals surface area contributed by atoms with Gasteiger partial charge >= 0.3 is 0 Å². The van der Waals surface area contributed by atoms with Gasteiger partial charge < -0.3 is 9.84 Å². The van der Waals surface area contributed by atoms with Crippen molar-refractivity contribution in [3.8, 4) is 0 Å². The van der Waals surface area contributed by atoms with Crippen molar-refractivity contribution in [3.05, 3.63) is 47.5 Å². The fraction of sp³-hybridized carbons (Fsp3) is 0.333. The average Bonchev–Trinajstić information content (AvgIpc) is 2.80. The summed E-state index contributed by atoms with van der Waals surface area (Å²) < 4.78 is 30.6. The molecule has 0 spiro atoms. The molecule has 1 aromatic rings. The van der Waals surface area contributed by atoms with Crippen molar-refractivity contribution in [1.29, 1.82) is 0 Å². The standard InChI is InChI=1S/C10H7F2NO.C5H10O2/c11-7-2-3-9(12)8(6-7)10(14)4-1-5-13-10;1-5(2,3)7-4-6/h1-6,14H;4H,1-3H3. The number of hydrogen-bond acceptors (Lipinski definition) is 4. The monoisotopic (exact) mass is 297 g/mol. The number of allylic oxidation sites excluding steroid dienone is 1. The van der Waals surface area contributed by atoms with E-state index in [0.717, 1.165) is 18.2 Å². The van der Waals surface area contributed by atoms with Gasteiger partial charge in [0.25, 0.3) is 6.47 Å². The molecule has 0 aromatic heterocycles. The molecule has 6 heteroatoms. The van der Waals surface area contributed by atoms with Crippen molar-refractivity contribution in [2.24, 2.45) is 4.99 Å². The van der Waals surface area contributed by atoms with E-state index in [-0.39, 0.29) is 11.2 Å². The molecule has 0 radical (unpaired) electrons. The van der Waals surface area contributed by atoms with Crippen LogP contribution in [-0.4, -0.2) is 23.4 Å². The number of aliphatic hydroxyl groups is 1. The van der Waals surface area contributed by atoms with Crippen molar-refractivity contribution >= 4 is 12.7 Å². The zero-order chi connectivity index (χ0) is 16.1. The van der Waals surface area contributed by atoms with Crippen LogP contribution in [0.1, 0.15) is 26.3 Å². The molecule has 1 aliphatic heterocycles. The summed E-state index contributed by atoms with van der Waals surface area (Å²) in [7, 11) is 0. The zero-order valence-electron chi connectivity index (χ0n) is 12.0. The van der Waals surface area contributed by atoms with Crippen LogP contribution in [0, 0.1) is 11.6 Å². The third kappa shape index (κ3) is 5.07. The summed E-state index contributed by atoms with van der Waals surface area (Å²) in [4.78, 5) is 13.3. The average molecular weight is 297 g/mol. The molecule has 0 saturated carbocycles. The molecule has 1 aliphatic rings. The minimum absolute atomic E-state index is 0.178. The third-order valence-corrected chi connectivity index (χ3v) is 2.41. The number of hydrogen-bond donors (Lipinski definition) is 1. The van der Waals surface area contributed by atoms with Crippen LogP contribution >= 0.6 is 0 Å². The van der Waals surface area contributed by atoms with Gasteiger partial charge in [-0.1, -0.05) is 0 Å². The second-order valence-corrected chi connectivity index (χ2v) is 5.31. The first-order chi connectivity index (χ1) is 9.68. The summed E-state index contributed by atoms with van der Waals surface area (Å²) in [5, 5.41) is 9.78. The Hall–Kier alpha value is -2.08. The number of halogens is 2. The number of carbonyl (C=O) groups excluding carboxylic acids is 1. The largest absolute Gasteiger partial charge is 0.462 e. The number of aliphatic imine (C=N–C) groups is 1. The van der Waals surface area contributed by atoms with Gasteiger partial charge in [0, 0.05) is 11.8 Å². The second-order valence-electron chi connectivity index (χ2n) is 5.31. The summed E-state index contributed by atoms with van der Waals surface area (Å²) in [5.41, 5.74) is -2.25. The minimum Gasteiger partial charge on any atom is -0.462 e. The third-order valence-electron chi connectivity index (χ3n) is 2.41. The second kappa shape index (κ2) is 6.58. The topological polar surface area (TPSA) is 58.9 Å². The van der Waals surface area contributed by atoms with Gasteiger partial charge in [-0.2, -0.15) is 0 Å². The lowest BCUT2D eigenvalue weighted by atomic mass is 10.0. The Kier molecular flexibility index (Phi) is 5.32. The molecule has 1 aromatic carbocycles. The van der Waals surface area contributed by atoms with E-state index in [1.807, 2.05) is 20.8 Å². The minimum atomic E-state index is -1.76. The molecule has 1 N–H and O–H groups in total. The van der Waals surface area contributed by atoms with E-state index in [4.69, 9.17) is 0 Å².